The van der Waals surface area contributed by atoms with Crippen molar-refractivity contribution in [2.45, 2.75) is 45.1 Å². The second kappa shape index (κ2) is 5.64. The lowest BCUT2D eigenvalue weighted by Crippen LogP contribution is -2.46. The van der Waals surface area contributed by atoms with Gasteiger partial charge in [-0.1, -0.05) is 13.8 Å². The molecule has 1 saturated carbocycles. The molecule has 2 rings (SSSR count). The molecule has 0 radical (unpaired) electrons. The van der Waals surface area contributed by atoms with E-state index in [0.717, 1.165) is 18.9 Å². The number of benzene rings is 1. The molecule has 0 saturated heterocycles. The fraction of sp³-hybridized carbons (Fsp3) is 0.562. The molecule has 0 aromatic heterocycles. The van der Waals surface area contributed by atoms with E-state index in [1.807, 2.05) is 0 Å². The predicted octanol–water partition coefficient (Wildman–Crippen LogP) is 2.47. The number of carbonyl (C=O) groups excluding carboxylic acids is 1. The quantitative estimate of drug-likeness (QED) is 0.750. The first-order valence-corrected chi connectivity index (χ1v) is 7.26. The standard InChI is InChI=1S/C16H23FN2O2/c1-15(2)5-7-16(21,8-6-15)10-19-14(20)11-3-4-13(18)12(17)9-11/h3-4,9,21H,5-8,10,18H2,1-2H3,(H,19,20). The Bertz CT molecular complexity index is 533. The van der Waals surface area contributed by atoms with Crippen molar-refractivity contribution in [1.29, 1.82) is 0 Å². The van der Waals surface area contributed by atoms with Crippen molar-refractivity contribution >= 4 is 11.6 Å². The number of aliphatic hydroxyl groups is 1. The van der Waals surface area contributed by atoms with Crippen molar-refractivity contribution in [2.75, 3.05) is 12.3 Å². The van der Waals surface area contributed by atoms with Crippen LogP contribution in [0.25, 0.3) is 0 Å². The van der Waals surface area contributed by atoms with E-state index in [9.17, 15) is 14.3 Å². The second-order valence-corrected chi connectivity index (χ2v) is 6.81. The van der Waals surface area contributed by atoms with E-state index in [0.29, 0.717) is 12.8 Å². The summed E-state index contributed by atoms with van der Waals surface area (Å²) in [6, 6.07) is 3.95. The number of rotatable bonds is 3. The zero-order valence-electron chi connectivity index (χ0n) is 12.6. The summed E-state index contributed by atoms with van der Waals surface area (Å²) in [5.41, 5.74) is 4.99. The summed E-state index contributed by atoms with van der Waals surface area (Å²) in [5, 5.41) is 13.2. The molecule has 1 aliphatic rings. The Morgan fingerprint density at radius 2 is 1.95 bits per heavy atom. The van der Waals surface area contributed by atoms with Gasteiger partial charge in [0.05, 0.1) is 11.3 Å². The first-order valence-electron chi connectivity index (χ1n) is 7.26. The van der Waals surface area contributed by atoms with E-state index < -0.39 is 17.3 Å². The Kier molecular flexibility index (Phi) is 4.23. The molecule has 116 valence electrons. The highest BCUT2D eigenvalue weighted by molar-refractivity contribution is 5.94. The lowest BCUT2D eigenvalue weighted by atomic mass is 9.71. The van der Waals surface area contributed by atoms with Gasteiger partial charge in [-0.05, 0) is 49.3 Å². The summed E-state index contributed by atoms with van der Waals surface area (Å²) in [4.78, 5) is 12.0. The van der Waals surface area contributed by atoms with E-state index >= 15 is 0 Å². The third-order valence-electron chi connectivity index (χ3n) is 4.37. The average molecular weight is 294 g/mol. The van der Waals surface area contributed by atoms with Crippen LogP contribution < -0.4 is 11.1 Å². The van der Waals surface area contributed by atoms with Gasteiger partial charge in [0.2, 0.25) is 0 Å². The lowest BCUT2D eigenvalue weighted by Gasteiger charge is -2.40. The highest BCUT2D eigenvalue weighted by Crippen LogP contribution is 2.39. The molecule has 1 amide bonds. The van der Waals surface area contributed by atoms with Crippen molar-refractivity contribution in [3.05, 3.63) is 29.6 Å². The summed E-state index contributed by atoms with van der Waals surface area (Å²) >= 11 is 0. The number of nitrogens with one attached hydrogen (secondary N) is 1. The Morgan fingerprint density at radius 1 is 1.33 bits per heavy atom. The Hall–Kier alpha value is -1.62. The molecule has 1 fully saturated rings. The number of halogens is 1. The summed E-state index contributed by atoms with van der Waals surface area (Å²) in [7, 11) is 0. The monoisotopic (exact) mass is 294 g/mol. The van der Waals surface area contributed by atoms with Crippen molar-refractivity contribution in [2.24, 2.45) is 5.41 Å². The largest absolute Gasteiger partial charge is 0.396 e. The molecular formula is C16H23FN2O2. The van der Waals surface area contributed by atoms with Gasteiger partial charge in [-0.2, -0.15) is 0 Å². The van der Waals surface area contributed by atoms with E-state index in [1.165, 1.54) is 12.1 Å². The van der Waals surface area contributed by atoms with Gasteiger partial charge in [-0.25, -0.2) is 4.39 Å². The first-order chi connectivity index (χ1) is 9.71. The molecule has 0 unspecified atom stereocenters. The summed E-state index contributed by atoms with van der Waals surface area (Å²) in [6.07, 6.45) is 3.18. The van der Waals surface area contributed by atoms with Crippen molar-refractivity contribution in [3.63, 3.8) is 0 Å². The van der Waals surface area contributed by atoms with Crippen LogP contribution in [0.5, 0.6) is 0 Å². The number of hydrogen-bond acceptors (Lipinski definition) is 3. The van der Waals surface area contributed by atoms with Gasteiger partial charge in [0.25, 0.3) is 5.91 Å². The third kappa shape index (κ3) is 3.94. The van der Waals surface area contributed by atoms with Gasteiger partial charge >= 0.3 is 0 Å². The number of nitrogens with two attached hydrogens (primary N) is 1. The van der Waals surface area contributed by atoms with Gasteiger partial charge in [0, 0.05) is 12.1 Å². The first kappa shape index (κ1) is 15.8. The lowest BCUT2D eigenvalue weighted by molar-refractivity contribution is -0.0233. The minimum absolute atomic E-state index is 0.0136. The molecule has 0 aliphatic heterocycles. The molecule has 5 heteroatoms. The van der Waals surface area contributed by atoms with E-state index in [-0.39, 0.29) is 23.2 Å². The molecule has 4 nitrogen and oxygen atoms in total. The van der Waals surface area contributed by atoms with Crippen LogP contribution in [0.1, 0.15) is 49.9 Å². The van der Waals surface area contributed by atoms with Crippen LogP contribution in [0.2, 0.25) is 0 Å². The maximum absolute atomic E-state index is 13.3. The molecule has 0 heterocycles. The minimum atomic E-state index is -0.864. The van der Waals surface area contributed by atoms with Crippen LogP contribution in [0.3, 0.4) is 0 Å². The molecule has 1 aromatic rings. The molecule has 0 atom stereocenters. The maximum Gasteiger partial charge on any atom is 0.251 e. The van der Waals surface area contributed by atoms with Crippen LogP contribution >= 0.6 is 0 Å². The van der Waals surface area contributed by atoms with Gasteiger partial charge in [0.15, 0.2) is 0 Å². The van der Waals surface area contributed by atoms with Crippen LogP contribution in [-0.2, 0) is 0 Å². The van der Waals surface area contributed by atoms with Crippen molar-refractivity contribution in [1.82, 2.24) is 5.32 Å². The second-order valence-electron chi connectivity index (χ2n) is 6.81. The topological polar surface area (TPSA) is 75.3 Å². The van der Waals surface area contributed by atoms with Crippen LogP contribution in [0, 0.1) is 11.2 Å². The van der Waals surface area contributed by atoms with Gasteiger partial charge < -0.3 is 16.2 Å². The summed E-state index contributed by atoms with van der Waals surface area (Å²) in [6.45, 7) is 4.55. The molecule has 0 spiro atoms. The highest BCUT2D eigenvalue weighted by Gasteiger charge is 2.36. The van der Waals surface area contributed by atoms with E-state index in [2.05, 4.69) is 19.2 Å². The van der Waals surface area contributed by atoms with Crippen molar-refractivity contribution in [3.8, 4) is 0 Å². The maximum atomic E-state index is 13.3. The Morgan fingerprint density at radius 3 is 2.52 bits per heavy atom. The highest BCUT2D eigenvalue weighted by atomic mass is 19.1. The number of carbonyl (C=O) groups is 1. The summed E-state index contributed by atoms with van der Waals surface area (Å²) in [5.74, 6) is -1.01. The van der Waals surface area contributed by atoms with Gasteiger partial charge in [0.1, 0.15) is 5.82 Å². The minimum Gasteiger partial charge on any atom is -0.396 e. The predicted molar refractivity (Wildman–Crippen MR) is 80.3 cm³/mol. The Labute approximate surface area is 124 Å². The zero-order valence-corrected chi connectivity index (χ0v) is 12.6. The molecule has 1 aromatic carbocycles. The molecular weight excluding hydrogens is 271 g/mol. The summed E-state index contributed by atoms with van der Waals surface area (Å²) < 4.78 is 13.3. The normalized spacial score (nSPS) is 20.0. The van der Waals surface area contributed by atoms with Gasteiger partial charge in [-0.15, -0.1) is 0 Å². The number of anilines is 1. The van der Waals surface area contributed by atoms with E-state index in [4.69, 9.17) is 5.73 Å². The number of amides is 1. The number of nitrogen functional groups attached to an aromatic ring is 1. The van der Waals surface area contributed by atoms with Crippen LogP contribution in [-0.4, -0.2) is 23.2 Å². The van der Waals surface area contributed by atoms with Crippen molar-refractivity contribution < 1.29 is 14.3 Å². The van der Waals surface area contributed by atoms with E-state index in [1.54, 1.807) is 0 Å². The molecule has 21 heavy (non-hydrogen) atoms. The molecule has 4 N–H and O–H groups in total. The zero-order chi connectivity index (χ0) is 15.7. The molecule has 0 bridgehead atoms. The SMILES string of the molecule is CC1(C)CCC(O)(CNC(=O)c2ccc(N)c(F)c2)CC1. The fourth-order valence-corrected chi connectivity index (χ4v) is 2.58. The third-order valence-corrected chi connectivity index (χ3v) is 4.37. The average Bonchev–Trinajstić information content (AvgIpc) is 2.43. The number of hydrogen-bond donors (Lipinski definition) is 3. The smallest absolute Gasteiger partial charge is 0.251 e. The van der Waals surface area contributed by atoms with Crippen LogP contribution in [0.4, 0.5) is 10.1 Å². The molecule has 1 aliphatic carbocycles. The fourth-order valence-electron chi connectivity index (χ4n) is 2.58. The Balaban J connectivity index is 1.93. The van der Waals surface area contributed by atoms with Gasteiger partial charge in [-0.3, -0.25) is 4.79 Å². The van der Waals surface area contributed by atoms with Crippen LogP contribution in [0.15, 0.2) is 18.2 Å².